The molecule has 1 amide bonds. The summed E-state index contributed by atoms with van der Waals surface area (Å²) in [7, 11) is 1.31. The minimum atomic E-state index is -0.632. The average molecular weight is 315 g/mol. The molecular formula is C15H23ClN2O3. The molecule has 1 aromatic rings. The molecule has 0 aromatic heterocycles. The number of amides is 1. The van der Waals surface area contributed by atoms with E-state index in [4.69, 9.17) is 4.74 Å². The number of nitrogens with one attached hydrogen (secondary N) is 1. The molecule has 0 heterocycles. The number of hydrogen-bond donors (Lipinski definition) is 2. The van der Waals surface area contributed by atoms with Crippen LogP contribution in [0.15, 0.2) is 30.3 Å². The molecule has 6 heteroatoms. The number of rotatable bonds is 6. The van der Waals surface area contributed by atoms with Crippen LogP contribution in [0.2, 0.25) is 0 Å². The van der Waals surface area contributed by atoms with Crippen LogP contribution < -0.4 is 23.5 Å². The average Bonchev–Trinajstić information content (AvgIpc) is 2.44. The lowest BCUT2D eigenvalue weighted by Crippen LogP contribution is -3.00. The Morgan fingerprint density at radius 2 is 1.81 bits per heavy atom. The summed E-state index contributed by atoms with van der Waals surface area (Å²) < 4.78 is 4.70. The van der Waals surface area contributed by atoms with Crippen molar-refractivity contribution in [3.63, 3.8) is 0 Å². The normalized spacial score (nSPS) is 13.0. The van der Waals surface area contributed by atoms with Gasteiger partial charge in [-0.3, -0.25) is 4.79 Å². The molecule has 2 atom stereocenters. The fraction of sp³-hybridized carbons (Fsp3) is 0.467. The van der Waals surface area contributed by atoms with Gasteiger partial charge in [0.05, 0.1) is 7.11 Å². The Kier molecular flexibility index (Phi) is 8.66. The van der Waals surface area contributed by atoms with E-state index >= 15 is 0 Å². The molecule has 1 aromatic carbocycles. The van der Waals surface area contributed by atoms with Gasteiger partial charge in [-0.2, -0.15) is 0 Å². The molecule has 5 nitrogen and oxygen atoms in total. The Morgan fingerprint density at radius 3 is 2.29 bits per heavy atom. The van der Waals surface area contributed by atoms with Crippen molar-refractivity contribution < 1.29 is 32.5 Å². The number of carbonyl (C=O) groups is 2. The standard InChI is InChI=1S/C15H22N2O3.ClH/c1-10(2)13(15(19)20-3)17-14(18)12(16)9-11-7-5-4-6-8-11;/h4-8,10,12-13H,9,16H2,1-3H3,(H,17,18);1H/t12-,13-;/m0./s1. The molecule has 4 N–H and O–H groups in total. The number of halogens is 1. The predicted molar refractivity (Wildman–Crippen MR) is 75.6 cm³/mol. The van der Waals surface area contributed by atoms with E-state index < -0.39 is 18.1 Å². The number of ether oxygens (including phenoxy) is 1. The summed E-state index contributed by atoms with van der Waals surface area (Å²) >= 11 is 0. The third-order valence-corrected chi connectivity index (χ3v) is 3.12. The number of hydrogen-bond acceptors (Lipinski definition) is 3. The summed E-state index contributed by atoms with van der Waals surface area (Å²) in [5, 5.41) is 2.71. The van der Waals surface area contributed by atoms with Crippen molar-refractivity contribution in [2.75, 3.05) is 7.11 Å². The molecule has 0 spiro atoms. The summed E-state index contributed by atoms with van der Waals surface area (Å²) in [4.78, 5) is 23.7. The molecule has 0 aliphatic heterocycles. The molecule has 0 radical (unpaired) electrons. The van der Waals surface area contributed by atoms with Gasteiger partial charge in [-0.15, -0.1) is 0 Å². The SMILES string of the molecule is COC(=O)[C@@H](NC(=O)[C@@H]([NH3+])Cc1ccccc1)C(C)C.[Cl-]. The first-order valence-corrected chi connectivity index (χ1v) is 6.71. The van der Waals surface area contributed by atoms with Crippen LogP contribution in [0.3, 0.4) is 0 Å². The van der Waals surface area contributed by atoms with E-state index in [2.05, 4.69) is 11.1 Å². The van der Waals surface area contributed by atoms with Gasteiger partial charge >= 0.3 is 5.97 Å². The van der Waals surface area contributed by atoms with Crippen molar-refractivity contribution in [1.82, 2.24) is 5.32 Å². The highest BCUT2D eigenvalue weighted by atomic mass is 35.5. The van der Waals surface area contributed by atoms with E-state index in [1.165, 1.54) is 7.11 Å². The Bertz CT molecular complexity index is 451. The third-order valence-electron chi connectivity index (χ3n) is 3.12. The highest BCUT2D eigenvalue weighted by Crippen LogP contribution is 2.05. The topological polar surface area (TPSA) is 83.0 Å². The van der Waals surface area contributed by atoms with Crippen LogP contribution in [0.4, 0.5) is 0 Å². The number of carbonyl (C=O) groups excluding carboxylic acids is 2. The maximum absolute atomic E-state index is 12.1. The van der Waals surface area contributed by atoms with E-state index in [1.54, 1.807) is 0 Å². The van der Waals surface area contributed by atoms with Crippen LogP contribution in [-0.4, -0.2) is 31.1 Å². The lowest BCUT2D eigenvalue weighted by molar-refractivity contribution is -0.403. The van der Waals surface area contributed by atoms with Crippen molar-refractivity contribution in [2.45, 2.75) is 32.4 Å². The highest BCUT2D eigenvalue weighted by molar-refractivity contribution is 5.86. The van der Waals surface area contributed by atoms with Crippen molar-refractivity contribution >= 4 is 11.9 Å². The molecule has 0 aliphatic carbocycles. The highest BCUT2D eigenvalue weighted by Gasteiger charge is 2.28. The fourth-order valence-electron chi connectivity index (χ4n) is 1.89. The molecule has 1 rings (SSSR count). The molecule has 0 bridgehead atoms. The van der Waals surface area contributed by atoms with Gasteiger partial charge in [-0.25, -0.2) is 4.79 Å². The van der Waals surface area contributed by atoms with Gasteiger partial charge in [-0.05, 0) is 11.5 Å². The molecule has 0 saturated carbocycles. The molecule has 0 fully saturated rings. The molecule has 0 unspecified atom stereocenters. The summed E-state index contributed by atoms with van der Waals surface area (Å²) in [6, 6.07) is 8.60. The van der Waals surface area contributed by atoms with Crippen molar-refractivity contribution in [3.8, 4) is 0 Å². The lowest BCUT2D eigenvalue weighted by Gasteiger charge is -2.20. The van der Waals surface area contributed by atoms with E-state index in [0.29, 0.717) is 6.42 Å². The van der Waals surface area contributed by atoms with Gasteiger partial charge in [-0.1, -0.05) is 44.2 Å². The van der Waals surface area contributed by atoms with Crippen LogP contribution in [0.5, 0.6) is 0 Å². The number of esters is 1. The zero-order valence-corrected chi connectivity index (χ0v) is 13.4. The largest absolute Gasteiger partial charge is 1.00 e. The second kappa shape index (κ2) is 9.37. The Morgan fingerprint density at radius 1 is 1.24 bits per heavy atom. The van der Waals surface area contributed by atoms with Gasteiger partial charge in [0, 0.05) is 6.42 Å². The minimum absolute atomic E-state index is 0. The first-order chi connectivity index (χ1) is 9.45. The van der Waals surface area contributed by atoms with E-state index in [1.807, 2.05) is 44.2 Å². The molecule has 21 heavy (non-hydrogen) atoms. The van der Waals surface area contributed by atoms with Crippen LogP contribution in [-0.2, 0) is 20.7 Å². The van der Waals surface area contributed by atoms with Crippen molar-refractivity contribution in [1.29, 1.82) is 0 Å². The fourth-order valence-corrected chi connectivity index (χ4v) is 1.89. The van der Waals surface area contributed by atoms with Crippen LogP contribution in [0, 0.1) is 5.92 Å². The first kappa shape index (κ1) is 19.4. The van der Waals surface area contributed by atoms with Gasteiger partial charge < -0.3 is 28.2 Å². The molecule has 0 aliphatic rings. The summed E-state index contributed by atoms with van der Waals surface area (Å²) in [5.41, 5.74) is 4.91. The van der Waals surface area contributed by atoms with Gasteiger partial charge in [0.15, 0.2) is 6.04 Å². The van der Waals surface area contributed by atoms with Gasteiger partial charge in [0.1, 0.15) is 6.04 Å². The zero-order valence-electron chi connectivity index (χ0n) is 12.6. The van der Waals surface area contributed by atoms with Crippen LogP contribution >= 0.6 is 0 Å². The summed E-state index contributed by atoms with van der Waals surface area (Å²) in [6.45, 7) is 3.72. The Hall–Kier alpha value is -1.59. The third kappa shape index (κ3) is 6.14. The quantitative estimate of drug-likeness (QED) is 0.555. The van der Waals surface area contributed by atoms with Gasteiger partial charge in [0.2, 0.25) is 0 Å². The lowest BCUT2D eigenvalue weighted by atomic mass is 10.0. The minimum Gasteiger partial charge on any atom is -1.00 e. The summed E-state index contributed by atoms with van der Waals surface area (Å²) in [5.74, 6) is -0.700. The molecule has 118 valence electrons. The Labute approximate surface area is 131 Å². The number of quaternary nitrogens is 1. The Balaban J connectivity index is 0.00000400. The second-order valence-corrected chi connectivity index (χ2v) is 5.14. The van der Waals surface area contributed by atoms with E-state index in [9.17, 15) is 9.59 Å². The smallest absolute Gasteiger partial charge is 0.328 e. The van der Waals surface area contributed by atoms with Crippen LogP contribution in [0.1, 0.15) is 19.4 Å². The number of methoxy groups -OCH3 is 1. The molecule has 0 saturated heterocycles. The van der Waals surface area contributed by atoms with E-state index in [-0.39, 0.29) is 24.2 Å². The van der Waals surface area contributed by atoms with Gasteiger partial charge in [0.25, 0.3) is 5.91 Å². The number of benzene rings is 1. The van der Waals surface area contributed by atoms with E-state index in [0.717, 1.165) is 5.56 Å². The second-order valence-electron chi connectivity index (χ2n) is 5.14. The molecular weight excluding hydrogens is 292 g/mol. The monoisotopic (exact) mass is 314 g/mol. The summed E-state index contributed by atoms with van der Waals surface area (Å²) in [6.07, 6.45) is 0.540. The zero-order chi connectivity index (χ0) is 15.1. The maximum atomic E-state index is 12.1. The van der Waals surface area contributed by atoms with Crippen molar-refractivity contribution in [2.24, 2.45) is 5.92 Å². The first-order valence-electron chi connectivity index (χ1n) is 6.71. The van der Waals surface area contributed by atoms with Crippen molar-refractivity contribution in [3.05, 3.63) is 35.9 Å². The predicted octanol–water partition coefficient (Wildman–Crippen LogP) is -2.84. The van der Waals surface area contributed by atoms with Crippen LogP contribution in [0.25, 0.3) is 0 Å². The maximum Gasteiger partial charge on any atom is 0.328 e.